The Morgan fingerprint density at radius 2 is 1.75 bits per heavy atom. The van der Waals surface area contributed by atoms with Crippen LogP contribution in [0.2, 0.25) is 0 Å². The van der Waals surface area contributed by atoms with Crippen LogP contribution in [0.15, 0.2) is 0 Å². The largest absolute Gasteiger partial charge is 0.396 e. The van der Waals surface area contributed by atoms with E-state index in [2.05, 4.69) is 13.8 Å². The average molecular weight is 174 g/mol. The van der Waals surface area contributed by atoms with Crippen molar-refractivity contribution in [3.05, 3.63) is 0 Å². The predicted octanol–water partition coefficient (Wildman–Crippen LogP) is 2.07. The van der Waals surface area contributed by atoms with Crippen LogP contribution in [0, 0.1) is 11.8 Å². The molecule has 0 spiro atoms. The summed E-state index contributed by atoms with van der Waals surface area (Å²) in [5, 5.41) is 9.01. The standard InChI is InChI=1S/C10H22O2/c1-8(2)5-10(6-11)7-12-9(3)4/h8-11H,5-7H2,1-4H3. The van der Waals surface area contributed by atoms with Crippen molar-refractivity contribution >= 4 is 0 Å². The first kappa shape index (κ1) is 11.9. The van der Waals surface area contributed by atoms with Crippen molar-refractivity contribution in [2.45, 2.75) is 40.2 Å². The van der Waals surface area contributed by atoms with Crippen LogP contribution in [-0.4, -0.2) is 24.4 Å². The molecule has 0 aliphatic rings. The Balaban J connectivity index is 3.53. The maximum absolute atomic E-state index is 9.01. The van der Waals surface area contributed by atoms with Gasteiger partial charge in [-0.3, -0.25) is 0 Å². The highest BCUT2D eigenvalue weighted by atomic mass is 16.5. The van der Waals surface area contributed by atoms with Crippen LogP contribution in [0.5, 0.6) is 0 Å². The zero-order valence-corrected chi connectivity index (χ0v) is 8.71. The van der Waals surface area contributed by atoms with Crippen molar-refractivity contribution in [2.75, 3.05) is 13.2 Å². The Morgan fingerprint density at radius 1 is 1.17 bits per heavy atom. The second kappa shape index (κ2) is 6.44. The summed E-state index contributed by atoms with van der Waals surface area (Å²) in [6.45, 7) is 9.29. The predicted molar refractivity (Wildman–Crippen MR) is 51.1 cm³/mol. The fourth-order valence-electron chi connectivity index (χ4n) is 1.19. The maximum Gasteiger partial charge on any atom is 0.0519 e. The monoisotopic (exact) mass is 174 g/mol. The molecule has 0 aliphatic carbocycles. The summed E-state index contributed by atoms with van der Waals surface area (Å²) in [6.07, 6.45) is 1.31. The molecule has 74 valence electrons. The van der Waals surface area contributed by atoms with Gasteiger partial charge in [-0.25, -0.2) is 0 Å². The van der Waals surface area contributed by atoms with E-state index >= 15 is 0 Å². The third-order valence-electron chi connectivity index (χ3n) is 1.73. The van der Waals surface area contributed by atoms with Crippen molar-refractivity contribution in [3.63, 3.8) is 0 Å². The molecule has 0 saturated carbocycles. The molecule has 0 aliphatic heterocycles. The molecule has 0 fully saturated rings. The summed E-state index contributed by atoms with van der Waals surface area (Å²) in [7, 11) is 0. The molecule has 0 amide bonds. The van der Waals surface area contributed by atoms with Gasteiger partial charge >= 0.3 is 0 Å². The van der Waals surface area contributed by atoms with Crippen molar-refractivity contribution in [1.29, 1.82) is 0 Å². The van der Waals surface area contributed by atoms with E-state index in [9.17, 15) is 0 Å². The Kier molecular flexibility index (Phi) is 6.39. The molecule has 0 aromatic heterocycles. The molecular formula is C10H22O2. The Bertz CT molecular complexity index is 100. The van der Waals surface area contributed by atoms with E-state index in [1.54, 1.807) is 0 Å². The summed E-state index contributed by atoms with van der Waals surface area (Å²) >= 11 is 0. The van der Waals surface area contributed by atoms with Gasteiger partial charge in [-0.05, 0) is 26.2 Å². The van der Waals surface area contributed by atoms with Crippen LogP contribution in [0.3, 0.4) is 0 Å². The van der Waals surface area contributed by atoms with E-state index in [-0.39, 0.29) is 12.7 Å². The van der Waals surface area contributed by atoms with Gasteiger partial charge in [0.1, 0.15) is 0 Å². The third-order valence-corrected chi connectivity index (χ3v) is 1.73. The van der Waals surface area contributed by atoms with Crippen LogP contribution < -0.4 is 0 Å². The summed E-state index contributed by atoms with van der Waals surface area (Å²) in [6, 6.07) is 0. The minimum atomic E-state index is 0.241. The molecule has 2 nitrogen and oxygen atoms in total. The average Bonchev–Trinajstić information content (AvgIpc) is 1.97. The molecule has 0 saturated heterocycles. The lowest BCUT2D eigenvalue weighted by molar-refractivity contribution is 0.0277. The Labute approximate surface area is 75.9 Å². The number of hydrogen-bond acceptors (Lipinski definition) is 2. The maximum atomic E-state index is 9.01. The lowest BCUT2D eigenvalue weighted by Gasteiger charge is -2.17. The van der Waals surface area contributed by atoms with E-state index in [1.165, 1.54) is 0 Å². The van der Waals surface area contributed by atoms with Gasteiger partial charge < -0.3 is 9.84 Å². The second-order valence-electron chi connectivity index (χ2n) is 4.06. The molecule has 1 unspecified atom stereocenters. The molecule has 12 heavy (non-hydrogen) atoms. The Morgan fingerprint density at radius 3 is 2.08 bits per heavy atom. The number of rotatable bonds is 6. The zero-order chi connectivity index (χ0) is 9.56. The minimum absolute atomic E-state index is 0.241. The molecule has 0 heterocycles. The van der Waals surface area contributed by atoms with E-state index in [0.717, 1.165) is 6.42 Å². The number of aliphatic hydroxyl groups is 1. The topological polar surface area (TPSA) is 29.5 Å². The number of hydrogen-bond donors (Lipinski definition) is 1. The molecule has 0 radical (unpaired) electrons. The molecule has 2 heteroatoms. The Hall–Kier alpha value is -0.0800. The molecule has 0 aromatic rings. The highest BCUT2D eigenvalue weighted by Crippen LogP contribution is 2.11. The molecule has 1 N–H and O–H groups in total. The van der Waals surface area contributed by atoms with Crippen molar-refractivity contribution in [3.8, 4) is 0 Å². The summed E-state index contributed by atoms with van der Waals surface area (Å²) in [5.74, 6) is 0.949. The van der Waals surface area contributed by atoms with E-state index in [4.69, 9.17) is 9.84 Å². The van der Waals surface area contributed by atoms with Crippen molar-refractivity contribution < 1.29 is 9.84 Å². The van der Waals surface area contributed by atoms with Crippen molar-refractivity contribution in [2.24, 2.45) is 11.8 Å². The fourth-order valence-corrected chi connectivity index (χ4v) is 1.19. The molecule has 0 bridgehead atoms. The fraction of sp³-hybridized carbons (Fsp3) is 1.00. The van der Waals surface area contributed by atoms with E-state index in [1.807, 2.05) is 13.8 Å². The van der Waals surface area contributed by atoms with E-state index < -0.39 is 0 Å². The first-order valence-electron chi connectivity index (χ1n) is 4.78. The van der Waals surface area contributed by atoms with E-state index in [0.29, 0.717) is 18.4 Å². The zero-order valence-electron chi connectivity index (χ0n) is 8.71. The third kappa shape index (κ3) is 6.62. The first-order chi connectivity index (χ1) is 5.56. The minimum Gasteiger partial charge on any atom is -0.396 e. The molecular weight excluding hydrogens is 152 g/mol. The van der Waals surface area contributed by atoms with Gasteiger partial charge in [0.05, 0.1) is 12.7 Å². The van der Waals surface area contributed by atoms with Crippen LogP contribution in [-0.2, 0) is 4.74 Å². The summed E-state index contributed by atoms with van der Waals surface area (Å²) < 4.78 is 5.44. The van der Waals surface area contributed by atoms with Gasteiger partial charge in [0.25, 0.3) is 0 Å². The molecule has 0 aromatic carbocycles. The van der Waals surface area contributed by atoms with Crippen molar-refractivity contribution in [1.82, 2.24) is 0 Å². The van der Waals surface area contributed by atoms with Gasteiger partial charge in [0, 0.05) is 12.5 Å². The first-order valence-corrected chi connectivity index (χ1v) is 4.78. The van der Waals surface area contributed by atoms with Gasteiger partial charge in [0.2, 0.25) is 0 Å². The van der Waals surface area contributed by atoms with Gasteiger partial charge in [-0.15, -0.1) is 0 Å². The quantitative estimate of drug-likeness (QED) is 0.668. The smallest absolute Gasteiger partial charge is 0.0519 e. The lowest BCUT2D eigenvalue weighted by Crippen LogP contribution is -2.18. The van der Waals surface area contributed by atoms with Gasteiger partial charge in [-0.1, -0.05) is 13.8 Å². The second-order valence-corrected chi connectivity index (χ2v) is 4.06. The summed E-state index contributed by atoms with van der Waals surface area (Å²) in [5.41, 5.74) is 0. The SMILES string of the molecule is CC(C)CC(CO)COC(C)C. The molecule has 0 rings (SSSR count). The highest BCUT2D eigenvalue weighted by Gasteiger charge is 2.10. The highest BCUT2D eigenvalue weighted by molar-refractivity contribution is 4.59. The van der Waals surface area contributed by atoms with Crippen LogP contribution in [0.4, 0.5) is 0 Å². The number of ether oxygens (including phenoxy) is 1. The molecule has 1 atom stereocenters. The van der Waals surface area contributed by atoms with Gasteiger partial charge in [0.15, 0.2) is 0 Å². The van der Waals surface area contributed by atoms with Gasteiger partial charge in [-0.2, -0.15) is 0 Å². The summed E-state index contributed by atoms with van der Waals surface area (Å²) in [4.78, 5) is 0. The van der Waals surface area contributed by atoms with Crippen LogP contribution in [0.1, 0.15) is 34.1 Å². The normalized spacial score (nSPS) is 14.2. The lowest BCUT2D eigenvalue weighted by atomic mass is 9.99. The van der Waals surface area contributed by atoms with Crippen LogP contribution >= 0.6 is 0 Å². The number of aliphatic hydroxyl groups excluding tert-OH is 1. The van der Waals surface area contributed by atoms with Crippen LogP contribution in [0.25, 0.3) is 0 Å².